The molecule has 10 nitrogen and oxygen atoms in total. The Bertz CT molecular complexity index is 1400. The minimum atomic E-state index is -3.53. The topological polar surface area (TPSA) is 138 Å². The fraction of sp³-hybridized carbons (Fsp3) is 0.318. The third kappa shape index (κ3) is 6.14. The second kappa shape index (κ2) is 10.7. The molecule has 0 unspecified atom stereocenters. The van der Waals surface area contributed by atoms with Crippen LogP contribution in [0.4, 0.5) is 5.69 Å². The fourth-order valence-corrected chi connectivity index (χ4v) is 5.52. The van der Waals surface area contributed by atoms with E-state index < -0.39 is 26.6 Å². The Labute approximate surface area is 199 Å². The molecule has 0 saturated heterocycles. The summed E-state index contributed by atoms with van der Waals surface area (Å²) in [6.45, 7) is 3.39. The van der Waals surface area contributed by atoms with Gasteiger partial charge in [0.05, 0.1) is 32.4 Å². The van der Waals surface area contributed by atoms with Gasteiger partial charge in [-0.2, -0.15) is 4.99 Å². The summed E-state index contributed by atoms with van der Waals surface area (Å²) in [6, 6.07) is 10.6. The first kappa shape index (κ1) is 25.2. The SMILES string of the molecule is CCOC(=O)Cn1c(=NC(=O)CCCS(=O)(=O)c2ccc(C)cc2)sc2ccc([N+](=O)[O-])cc21. The van der Waals surface area contributed by atoms with Gasteiger partial charge < -0.3 is 9.30 Å². The number of esters is 1. The van der Waals surface area contributed by atoms with E-state index in [2.05, 4.69) is 4.99 Å². The molecule has 0 aliphatic rings. The van der Waals surface area contributed by atoms with Gasteiger partial charge in [-0.3, -0.25) is 19.7 Å². The molecule has 0 saturated carbocycles. The highest BCUT2D eigenvalue weighted by Crippen LogP contribution is 2.23. The highest BCUT2D eigenvalue weighted by Gasteiger charge is 2.17. The Balaban J connectivity index is 1.83. The number of hydrogen-bond acceptors (Lipinski definition) is 8. The molecule has 0 atom stereocenters. The second-order valence-electron chi connectivity index (χ2n) is 7.43. The number of nitro benzene ring substituents is 1. The number of sulfone groups is 1. The standard InChI is InChI=1S/C22H23N3O7S2/c1-3-32-21(27)14-24-18-13-16(25(28)29)8-11-19(18)33-22(24)23-20(26)5-4-12-34(30,31)17-9-6-15(2)7-10-17/h6-11,13H,3-5,12,14H2,1-2H3. The van der Waals surface area contributed by atoms with Crippen LogP contribution in [0.25, 0.3) is 10.2 Å². The Hall–Kier alpha value is -3.38. The first-order chi connectivity index (χ1) is 16.1. The lowest BCUT2D eigenvalue weighted by Crippen LogP contribution is -2.23. The molecule has 1 heterocycles. The van der Waals surface area contributed by atoms with Crippen molar-refractivity contribution < 1.29 is 27.7 Å². The zero-order valence-electron chi connectivity index (χ0n) is 18.6. The van der Waals surface area contributed by atoms with Crippen molar-refractivity contribution in [1.82, 2.24) is 4.57 Å². The van der Waals surface area contributed by atoms with Crippen LogP contribution < -0.4 is 4.80 Å². The molecule has 180 valence electrons. The zero-order chi connectivity index (χ0) is 24.9. The third-order valence-electron chi connectivity index (χ3n) is 4.87. The number of nitro groups is 1. The summed E-state index contributed by atoms with van der Waals surface area (Å²) < 4.78 is 31.9. The molecule has 0 N–H and O–H groups in total. The van der Waals surface area contributed by atoms with Crippen LogP contribution in [0.5, 0.6) is 0 Å². The number of amides is 1. The summed E-state index contributed by atoms with van der Waals surface area (Å²) in [4.78, 5) is 39.6. The van der Waals surface area contributed by atoms with E-state index in [0.717, 1.165) is 16.9 Å². The van der Waals surface area contributed by atoms with E-state index in [0.29, 0.717) is 10.2 Å². The van der Waals surface area contributed by atoms with Gasteiger partial charge >= 0.3 is 5.97 Å². The van der Waals surface area contributed by atoms with Gasteiger partial charge in [0.15, 0.2) is 14.6 Å². The number of aryl methyl sites for hydroxylation is 1. The predicted molar refractivity (Wildman–Crippen MR) is 126 cm³/mol. The van der Waals surface area contributed by atoms with Gasteiger partial charge in [-0.25, -0.2) is 8.42 Å². The van der Waals surface area contributed by atoms with Crippen molar-refractivity contribution in [1.29, 1.82) is 0 Å². The minimum absolute atomic E-state index is 0.0762. The average molecular weight is 506 g/mol. The molecule has 3 aromatic rings. The Morgan fingerprint density at radius 3 is 2.53 bits per heavy atom. The van der Waals surface area contributed by atoms with Crippen LogP contribution in [0, 0.1) is 17.0 Å². The first-order valence-electron chi connectivity index (χ1n) is 10.4. The normalized spacial score (nSPS) is 12.1. The zero-order valence-corrected chi connectivity index (χ0v) is 20.2. The smallest absolute Gasteiger partial charge is 0.326 e. The van der Waals surface area contributed by atoms with Crippen molar-refractivity contribution in [3.05, 3.63) is 62.9 Å². The van der Waals surface area contributed by atoms with E-state index in [1.165, 1.54) is 34.9 Å². The number of non-ortho nitro benzene ring substituents is 1. The van der Waals surface area contributed by atoms with Crippen molar-refractivity contribution in [3.63, 3.8) is 0 Å². The molecule has 0 radical (unpaired) electrons. The summed E-state index contributed by atoms with van der Waals surface area (Å²) in [5.41, 5.74) is 1.15. The summed E-state index contributed by atoms with van der Waals surface area (Å²) >= 11 is 1.10. The van der Waals surface area contributed by atoms with E-state index in [9.17, 15) is 28.1 Å². The summed E-state index contributed by atoms with van der Waals surface area (Å²) in [6.07, 6.45) is -0.0360. The number of thiazole rings is 1. The number of carbonyl (C=O) groups excluding carboxylic acids is 2. The van der Waals surface area contributed by atoms with Gasteiger partial charge in [-0.15, -0.1) is 0 Å². The van der Waals surface area contributed by atoms with Gasteiger partial charge in [0.2, 0.25) is 5.91 Å². The molecule has 1 amide bonds. The molecule has 2 aromatic carbocycles. The maximum atomic E-state index is 12.5. The molecule has 0 fully saturated rings. The Morgan fingerprint density at radius 1 is 1.18 bits per heavy atom. The lowest BCUT2D eigenvalue weighted by atomic mass is 10.2. The van der Waals surface area contributed by atoms with Gasteiger partial charge in [0, 0.05) is 18.6 Å². The molecule has 1 aromatic heterocycles. The number of benzene rings is 2. The van der Waals surface area contributed by atoms with E-state index in [1.807, 2.05) is 6.92 Å². The molecule has 34 heavy (non-hydrogen) atoms. The molecular weight excluding hydrogens is 482 g/mol. The molecular formula is C22H23N3O7S2. The van der Waals surface area contributed by atoms with Crippen molar-refractivity contribution in [3.8, 4) is 0 Å². The van der Waals surface area contributed by atoms with Crippen LogP contribution in [0.3, 0.4) is 0 Å². The van der Waals surface area contributed by atoms with Crippen molar-refractivity contribution in [2.75, 3.05) is 12.4 Å². The Kier molecular flexibility index (Phi) is 7.94. The van der Waals surface area contributed by atoms with E-state index in [4.69, 9.17) is 4.74 Å². The number of fused-ring (bicyclic) bond motifs is 1. The monoisotopic (exact) mass is 505 g/mol. The maximum Gasteiger partial charge on any atom is 0.326 e. The van der Waals surface area contributed by atoms with Gasteiger partial charge in [-0.1, -0.05) is 29.0 Å². The lowest BCUT2D eigenvalue weighted by Gasteiger charge is -2.05. The minimum Gasteiger partial charge on any atom is -0.465 e. The maximum absolute atomic E-state index is 12.5. The van der Waals surface area contributed by atoms with Crippen LogP contribution in [-0.2, 0) is 30.7 Å². The number of ether oxygens (including phenoxy) is 1. The fourth-order valence-electron chi connectivity index (χ4n) is 3.18. The molecule has 12 heteroatoms. The van der Waals surface area contributed by atoms with Crippen LogP contribution in [0.2, 0.25) is 0 Å². The highest BCUT2D eigenvalue weighted by atomic mass is 32.2. The van der Waals surface area contributed by atoms with Gasteiger partial charge in [0.25, 0.3) is 5.69 Å². The Morgan fingerprint density at radius 2 is 1.88 bits per heavy atom. The van der Waals surface area contributed by atoms with Crippen LogP contribution in [0.1, 0.15) is 25.3 Å². The summed E-state index contributed by atoms with van der Waals surface area (Å²) in [5.74, 6) is -1.34. The molecule has 0 aliphatic carbocycles. The largest absolute Gasteiger partial charge is 0.465 e. The number of rotatable bonds is 9. The van der Waals surface area contributed by atoms with Crippen molar-refractivity contribution in [2.24, 2.45) is 4.99 Å². The molecule has 0 spiro atoms. The van der Waals surface area contributed by atoms with E-state index in [1.54, 1.807) is 19.1 Å². The first-order valence-corrected chi connectivity index (χ1v) is 12.9. The predicted octanol–water partition coefficient (Wildman–Crippen LogP) is 3.16. The van der Waals surface area contributed by atoms with Gasteiger partial charge in [0.1, 0.15) is 6.54 Å². The average Bonchev–Trinajstić information content (AvgIpc) is 3.10. The number of carbonyl (C=O) groups is 2. The second-order valence-corrected chi connectivity index (χ2v) is 10.5. The number of nitrogens with zero attached hydrogens (tertiary/aromatic N) is 3. The molecule has 0 bridgehead atoms. The quantitative estimate of drug-likeness (QED) is 0.247. The van der Waals surface area contributed by atoms with Crippen LogP contribution >= 0.6 is 11.3 Å². The van der Waals surface area contributed by atoms with Gasteiger partial charge in [-0.05, 0) is 38.5 Å². The third-order valence-corrected chi connectivity index (χ3v) is 7.75. The van der Waals surface area contributed by atoms with E-state index >= 15 is 0 Å². The molecule has 0 aliphatic heterocycles. The van der Waals surface area contributed by atoms with Crippen molar-refractivity contribution in [2.45, 2.75) is 38.1 Å². The van der Waals surface area contributed by atoms with Crippen molar-refractivity contribution >= 4 is 49.0 Å². The summed E-state index contributed by atoms with van der Waals surface area (Å²) in [5, 5.41) is 11.2. The lowest BCUT2D eigenvalue weighted by molar-refractivity contribution is -0.384. The van der Waals surface area contributed by atoms with Crippen LogP contribution in [0.15, 0.2) is 52.4 Å². The van der Waals surface area contributed by atoms with E-state index in [-0.39, 0.29) is 47.1 Å². The highest BCUT2D eigenvalue weighted by molar-refractivity contribution is 7.91. The number of hydrogen-bond donors (Lipinski definition) is 0. The molecule has 3 rings (SSSR count). The summed E-state index contributed by atoms with van der Waals surface area (Å²) in [7, 11) is -3.53. The van der Waals surface area contributed by atoms with Crippen LogP contribution in [-0.4, -0.2) is 42.1 Å². The number of aromatic nitrogens is 1.